The van der Waals surface area contributed by atoms with Crippen molar-refractivity contribution in [1.82, 2.24) is 14.5 Å². The van der Waals surface area contributed by atoms with Crippen LogP contribution < -0.4 is 21.8 Å². The van der Waals surface area contributed by atoms with E-state index in [1.165, 1.54) is 31.4 Å². The molecular formula is C33H53N8O4S+. The number of amides is 2. The first-order valence-corrected chi connectivity index (χ1v) is 18.3. The molecule has 4 aliphatic rings. The highest BCUT2D eigenvalue weighted by molar-refractivity contribution is 7.89. The number of carbonyl (C=O) groups is 2. The van der Waals surface area contributed by atoms with Crippen molar-refractivity contribution in [1.29, 1.82) is 0 Å². The van der Waals surface area contributed by atoms with Crippen LogP contribution in [0.25, 0.3) is 0 Å². The SMILES string of the molecule is N/N=C(\C=NCCN1CCC2(CC1)CCN(c1cccc(C3CCC(=O)NC3=O)c1)CC2)COCCC[S+](O)N1CCC(N)CC1. The molecule has 1 aromatic carbocycles. The van der Waals surface area contributed by atoms with Crippen molar-refractivity contribution in [3.05, 3.63) is 29.8 Å². The van der Waals surface area contributed by atoms with E-state index >= 15 is 0 Å². The van der Waals surface area contributed by atoms with Gasteiger partial charge in [0.25, 0.3) is 0 Å². The summed E-state index contributed by atoms with van der Waals surface area (Å²) in [5.74, 6) is 5.68. The largest absolute Gasteiger partial charge is 0.375 e. The summed E-state index contributed by atoms with van der Waals surface area (Å²) in [7, 11) is 0. The molecule has 0 saturated carbocycles. The van der Waals surface area contributed by atoms with Crippen LogP contribution in [0.4, 0.5) is 5.69 Å². The molecule has 1 aromatic rings. The number of carbonyl (C=O) groups excluding carboxylic acids is 2. The molecule has 46 heavy (non-hydrogen) atoms. The second-order valence-electron chi connectivity index (χ2n) is 13.3. The number of benzene rings is 1. The van der Waals surface area contributed by atoms with E-state index in [2.05, 4.69) is 41.6 Å². The molecule has 6 N–H and O–H groups in total. The number of imide groups is 1. The van der Waals surface area contributed by atoms with Crippen molar-refractivity contribution in [2.75, 3.05) is 76.2 Å². The zero-order chi connectivity index (χ0) is 32.4. The molecule has 4 fully saturated rings. The second kappa shape index (κ2) is 17.0. The van der Waals surface area contributed by atoms with Crippen LogP contribution in [0.1, 0.15) is 69.3 Å². The highest BCUT2D eigenvalue weighted by Crippen LogP contribution is 2.42. The minimum atomic E-state index is -0.723. The van der Waals surface area contributed by atoms with Crippen molar-refractivity contribution in [3.63, 3.8) is 0 Å². The summed E-state index contributed by atoms with van der Waals surface area (Å²) in [6, 6.07) is 8.60. The van der Waals surface area contributed by atoms with E-state index in [1.807, 2.05) is 12.1 Å². The topological polar surface area (TPSA) is 162 Å². The molecule has 0 aromatic heterocycles. The van der Waals surface area contributed by atoms with Gasteiger partial charge in [0.05, 0.1) is 25.7 Å². The Balaban J connectivity index is 0.951. The van der Waals surface area contributed by atoms with E-state index in [-0.39, 0.29) is 23.8 Å². The summed E-state index contributed by atoms with van der Waals surface area (Å²) in [5.41, 5.74) is 9.17. The fourth-order valence-corrected chi connectivity index (χ4v) is 8.37. The number of likely N-dealkylation sites (tertiary alicyclic amines) is 1. The zero-order valence-corrected chi connectivity index (χ0v) is 28.0. The summed E-state index contributed by atoms with van der Waals surface area (Å²) in [6.45, 7) is 8.48. The Morgan fingerprint density at radius 1 is 1.09 bits per heavy atom. The van der Waals surface area contributed by atoms with Crippen LogP contribution in [-0.4, -0.2) is 115 Å². The first-order valence-electron chi connectivity index (χ1n) is 17.0. The Morgan fingerprint density at radius 2 is 1.83 bits per heavy atom. The van der Waals surface area contributed by atoms with E-state index in [9.17, 15) is 14.1 Å². The highest BCUT2D eigenvalue weighted by Gasteiger charge is 2.38. The van der Waals surface area contributed by atoms with Crippen LogP contribution in [0, 0.1) is 5.41 Å². The predicted molar refractivity (Wildman–Crippen MR) is 185 cm³/mol. The van der Waals surface area contributed by atoms with Gasteiger partial charge in [-0.3, -0.25) is 19.9 Å². The van der Waals surface area contributed by atoms with E-state index in [1.54, 1.807) is 6.21 Å². The fraction of sp³-hybridized carbons (Fsp3) is 0.697. The predicted octanol–water partition coefficient (Wildman–Crippen LogP) is 2.11. The number of rotatable bonds is 13. The van der Waals surface area contributed by atoms with Gasteiger partial charge < -0.3 is 26.1 Å². The van der Waals surface area contributed by atoms with Gasteiger partial charge in [0, 0.05) is 63.5 Å². The molecule has 4 heterocycles. The number of hydrazone groups is 1. The third-order valence-corrected chi connectivity index (χ3v) is 11.8. The minimum Gasteiger partial charge on any atom is -0.375 e. The van der Waals surface area contributed by atoms with Gasteiger partial charge in [0.1, 0.15) is 5.71 Å². The highest BCUT2D eigenvalue weighted by atomic mass is 32.2. The van der Waals surface area contributed by atoms with Gasteiger partial charge in [-0.2, -0.15) is 9.65 Å². The van der Waals surface area contributed by atoms with Gasteiger partial charge in [-0.1, -0.05) is 16.4 Å². The van der Waals surface area contributed by atoms with Crippen LogP contribution in [0.15, 0.2) is 34.4 Å². The molecule has 1 spiro atoms. The number of hydrogen-bond donors (Lipinski definition) is 4. The molecule has 4 aliphatic heterocycles. The fourth-order valence-electron chi connectivity index (χ4n) is 7.10. The summed E-state index contributed by atoms with van der Waals surface area (Å²) in [5, 5.41) is 6.32. The standard InChI is InChI=1S/C33H52N8O4S/c34-27-7-14-41(15-8-27)46(44)22-2-21-45-25-28(38-35)24-36-13-20-39-16-9-33(10-17-39)11-18-40(19-12-33)29-4-1-3-26(23-29)30-5-6-31(42)37-32(30)43/h1,3-4,23-24,27,30,44H,2,5-22,25,34H2,(H2-,35,36,37,42,43)/p+1. The van der Waals surface area contributed by atoms with Crippen molar-refractivity contribution in [2.24, 2.45) is 27.1 Å². The molecule has 2 amide bonds. The number of hydrogen-bond acceptors (Lipinski definition) is 11. The van der Waals surface area contributed by atoms with Crippen LogP contribution in [0.5, 0.6) is 0 Å². The van der Waals surface area contributed by atoms with E-state index < -0.39 is 11.4 Å². The van der Waals surface area contributed by atoms with Gasteiger partial charge in [-0.25, -0.2) is 0 Å². The lowest BCUT2D eigenvalue weighted by Crippen LogP contribution is -2.47. The van der Waals surface area contributed by atoms with Crippen LogP contribution >= 0.6 is 0 Å². The third-order valence-electron chi connectivity index (χ3n) is 10.2. The van der Waals surface area contributed by atoms with Gasteiger partial charge >= 0.3 is 0 Å². The average molecular weight is 658 g/mol. The number of nitrogens with two attached hydrogens (primary N) is 2. The number of nitrogens with zero attached hydrogens (tertiary/aromatic N) is 5. The minimum absolute atomic E-state index is 0.173. The number of aliphatic imine (C=N–C) groups is 1. The second-order valence-corrected chi connectivity index (χ2v) is 14.9. The van der Waals surface area contributed by atoms with E-state index in [0.29, 0.717) is 49.5 Å². The van der Waals surface area contributed by atoms with Crippen LogP contribution in [0.2, 0.25) is 0 Å². The van der Waals surface area contributed by atoms with Crippen molar-refractivity contribution in [2.45, 2.75) is 69.7 Å². The van der Waals surface area contributed by atoms with Crippen molar-refractivity contribution >= 4 is 40.8 Å². The molecule has 13 heteroatoms. The van der Waals surface area contributed by atoms with Crippen LogP contribution in [-0.2, 0) is 25.7 Å². The Kier molecular flexibility index (Phi) is 12.9. The number of anilines is 1. The maximum Gasteiger partial charge on any atom is 0.237 e. The van der Waals surface area contributed by atoms with Crippen molar-refractivity contribution < 1.29 is 18.9 Å². The molecule has 0 radical (unpaired) electrons. The average Bonchev–Trinajstić information content (AvgIpc) is 3.07. The normalized spacial score (nSPS) is 24.5. The summed E-state index contributed by atoms with van der Waals surface area (Å²) >= 11 is -0.723. The lowest BCUT2D eigenvalue weighted by Gasteiger charge is -2.47. The van der Waals surface area contributed by atoms with E-state index in [4.69, 9.17) is 16.3 Å². The molecule has 0 aliphatic carbocycles. The van der Waals surface area contributed by atoms with Gasteiger partial charge in [0.2, 0.25) is 23.2 Å². The van der Waals surface area contributed by atoms with Gasteiger partial charge in [-0.05, 0) is 81.1 Å². The van der Waals surface area contributed by atoms with Crippen molar-refractivity contribution in [3.8, 4) is 0 Å². The molecule has 12 nitrogen and oxygen atoms in total. The number of ether oxygens (including phenoxy) is 1. The van der Waals surface area contributed by atoms with Gasteiger partial charge in [0.15, 0.2) is 5.75 Å². The summed E-state index contributed by atoms with van der Waals surface area (Å²) < 4.78 is 18.3. The van der Waals surface area contributed by atoms with Crippen LogP contribution in [0.3, 0.4) is 0 Å². The lowest BCUT2D eigenvalue weighted by molar-refractivity contribution is -0.134. The molecule has 2 atom stereocenters. The zero-order valence-electron chi connectivity index (χ0n) is 27.2. The third kappa shape index (κ3) is 9.74. The molecule has 5 rings (SSSR count). The van der Waals surface area contributed by atoms with Gasteiger partial charge in [-0.15, -0.1) is 0 Å². The number of piperidine rings is 4. The quantitative estimate of drug-likeness (QED) is 0.0622. The summed E-state index contributed by atoms with van der Waals surface area (Å²) in [4.78, 5) is 33.5. The monoisotopic (exact) mass is 657 g/mol. The molecule has 0 bridgehead atoms. The Bertz CT molecular complexity index is 1210. The Hall–Kier alpha value is -2.55. The summed E-state index contributed by atoms with van der Waals surface area (Å²) in [6.07, 6.45) is 10.2. The Labute approximate surface area is 276 Å². The first kappa shape index (κ1) is 34.8. The lowest BCUT2D eigenvalue weighted by atomic mass is 9.71. The first-order chi connectivity index (χ1) is 22.3. The maximum atomic E-state index is 12.4. The molecule has 2 unspecified atom stereocenters. The maximum absolute atomic E-state index is 12.4. The van der Waals surface area contributed by atoms with E-state index in [0.717, 1.165) is 70.6 Å². The molecule has 4 saturated heterocycles. The molecule has 254 valence electrons. The smallest absolute Gasteiger partial charge is 0.237 e. The Morgan fingerprint density at radius 3 is 2.54 bits per heavy atom. The molecular weight excluding hydrogens is 604 g/mol. The number of nitrogens with one attached hydrogen (secondary N) is 1.